The zero-order chi connectivity index (χ0) is 16.9. The first kappa shape index (κ1) is 18.9. The maximum Gasteiger partial charge on any atom is 0.410 e. The van der Waals surface area contributed by atoms with E-state index in [-0.39, 0.29) is 12.1 Å². The third-order valence-electron chi connectivity index (χ3n) is 4.68. The lowest BCUT2D eigenvalue weighted by molar-refractivity contribution is 0.00967. The first-order valence-corrected chi connectivity index (χ1v) is 10.3. The number of hydrogen-bond acceptors (Lipinski definition) is 4. The molecule has 1 N–H and O–H groups in total. The molecule has 2 aliphatic rings. The fourth-order valence-corrected chi connectivity index (χ4v) is 4.73. The molecule has 3 unspecified atom stereocenters. The molecule has 0 aromatic heterocycles. The Balaban J connectivity index is 1.81. The van der Waals surface area contributed by atoms with Crippen LogP contribution in [0, 0.1) is 0 Å². The van der Waals surface area contributed by atoms with Gasteiger partial charge >= 0.3 is 6.09 Å². The van der Waals surface area contributed by atoms with E-state index in [1.54, 1.807) is 0 Å². The van der Waals surface area contributed by atoms with Gasteiger partial charge in [0, 0.05) is 30.4 Å². The monoisotopic (exact) mass is 342 g/mol. The Morgan fingerprint density at radius 1 is 1.26 bits per heavy atom. The van der Waals surface area contributed by atoms with Crippen molar-refractivity contribution in [2.45, 2.75) is 89.2 Å². The second kappa shape index (κ2) is 8.61. The Hall–Kier alpha value is -0.420. The molecular formula is C18H34N2O2S. The molecule has 2 rings (SSSR count). The van der Waals surface area contributed by atoms with Gasteiger partial charge in [-0.15, -0.1) is 0 Å². The molecule has 0 aromatic carbocycles. The highest BCUT2D eigenvalue weighted by molar-refractivity contribution is 7.99. The molecule has 0 bridgehead atoms. The minimum absolute atomic E-state index is 0.144. The Bertz CT molecular complexity index is 384. The third kappa shape index (κ3) is 6.18. The highest BCUT2D eigenvalue weighted by Gasteiger charge is 2.31. The largest absolute Gasteiger partial charge is 0.444 e. The number of piperidine rings is 1. The van der Waals surface area contributed by atoms with Crippen LogP contribution in [-0.4, -0.2) is 52.8 Å². The van der Waals surface area contributed by atoms with Crippen LogP contribution in [0.2, 0.25) is 0 Å². The minimum Gasteiger partial charge on any atom is -0.444 e. The number of likely N-dealkylation sites (tertiary alicyclic amines) is 1. The van der Waals surface area contributed by atoms with Crippen LogP contribution < -0.4 is 5.32 Å². The lowest BCUT2D eigenvalue weighted by Crippen LogP contribution is -2.51. The predicted molar refractivity (Wildman–Crippen MR) is 98.1 cm³/mol. The van der Waals surface area contributed by atoms with Crippen molar-refractivity contribution in [3.8, 4) is 0 Å². The molecule has 1 aliphatic heterocycles. The van der Waals surface area contributed by atoms with Crippen LogP contribution in [0.25, 0.3) is 0 Å². The number of carbonyl (C=O) groups is 1. The van der Waals surface area contributed by atoms with Crippen molar-refractivity contribution < 1.29 is 9.53 Å². The van der Waals surface area contributed by atoms with Crippen molar-refractivity contribution in [1.29, 1.82) is 0 Å². The van der Waals surface area contributed by atoms with Gasteiger partial charge in [-0.1, -0.05) is 6.92 Å². The summed E-state index contributed by atoms with van der Waals surface area (Å²) in [7, 11) is 0. The van der Waals surface area contributed by atoms with Gasteiger partial charge in [0.05, 0.1) is 0 Å². The van der Waals surface area contributed by atoms with E-state index in [0.29, 0.717) is 6.04 Å². The van der Waals surface area contributed by atoms with Gasteiger partial charge in [-0.3, -0.25) is 0 Å². The molecule has 4 nitrogen and oxygen atoms in total. The van der Waals surface area contributed by atoms with Gasteiger partial charge in [0.25, 0.3) is 0 Å². The number of rotatable bonds is 5. The summed E-state index contributed by atoms with van der Waals surface area (Å²) in [5.41, 5.74) is -0.414. The molecule has 134 valence electrons. The van der Waals surface area contributed by atoms with Crippen LogP contribution in [0.5, 0.6) is 0 Å². The van der Waals surface area contributed by atoms with Gasteiger partial charge in [0.15, 0.2) is 0 Å². The lowest BCUT2D eigenvalue weighted by atomic mass is 10.0. The molecule has 1 heterocycles. The normalized spacial score (nSPS) is 28.9. The van der Waals surface area contributed by atoms with Gasteiger partial charge in [0.1, 0.15) is 5.60 Å². The zero-order valence-corrected chi connectivity index (χ0v) is 16.1. The Morgan fingerprint density at radius 3 is 2.74 bits per heavy atom. The van der Waals surface area contributed by atoms with Gasteiger partial charge in [-0.25, -0.2) is 4.79 Å². The smallest absolute Gasteiger partial charge is 0.410 e. The van der Waals surface area contributed by atoms with Crippen molar-refractivity contribution in [3.63, 3.8) is 0 Å². The van der Waals surface area contributed by atoms with Crippen molar-refractivity contribution in [1.82, 2.24) is 10.2 Å². The Labute approximate surface area is 146 Å². The van der Waals surface area contributed by atoms with Crippen molar-refractivity contribution >= 4 is 17.9 Å². The topological polar surface area (TPSA) is 41.6 Å². The summed E-state index contributed by atoms with van der Waals surface area (Å²) in [6.07, 6.45) is 7.13. The minimum atomic E-state index is -0.414. The zero-order valence-electron chi connectivity index (χ0n) is 15.3. The molecule has 1 saturated heterocycles. The van der Waals surface area contributed by atoms with Gasteiger partial charge in [-0.2, -0.15) is 11.8 Å². The van der Waals surface area contributed by atoms with E-state index in [4.69, 9.17) is 4.74 Å². The van der Waals surface area contributed by atoms with E-state index >= 15 is 0 Å². The van der Waals surface area contributed by atoms with Crippen LogP contribution in [-0.2, 0) is 4.74 Å². The van der Waals surface area contributed by atoms with Crippen LogP contribution in [0.1, 0.15) is 66.2 Å². The number of nitrogens with one attached hydrogen (secondary N) is 1. The first-order chi connectivity index (χ1) is 10.9. The second-order valence-electron chi connectivity index (χ2n) is 7.82. The Morgan fingerprint density at radius 2 is 2.04 bits per heavy atom. The molecule has 1 aliphatic carbocycles. The molecule has 3 atom stereocenters. The average molecular weight is 343 g/mol. The lowest BCUT2D eigenvalue weighted by Gasteiger charge is -2.37. The number of thioether (sulfide) groups is 1. The van der Waals surface area contributed by atoms with Gasteiger partial charge < -0.3 is 15.0 Å². The highest BCUT2D eigenvalue weighted by Crippen LogP contribution is 2.30. The van der Waals surface area contributed by atoms with E-state index in [1.165, 1.54) is 31.4 Å². The second-order valence-corrected chi connectivity index (χ2v) is 9.40. The Kier molecular flexibility index (Phi) is 7.08. The highest BCUT2D eigenvalue weighted by atomic mass is 32.2. The molecule has 23 heavy (non-hydrogen) atoms. The molecule has 1 amide bonds. The number of carbonyl (C=O) groups excluding carboxylic acids is 1. The summed E-state index contributed by atoms with van der Waals surface area (Å²) < 4.78 is 5.58. The molecule has 2 fully saturated rings. The fraction of sp³-hybridized carbons (Fsp3) is 0.944. The maximum absolute atomic E-state index is 12.4. The summed E-state index contributed by atoms with van der Waals surface area (Å²) in [6.45, 7) is 9.80. The van der Waals surface area contributed by atoms with Crippen LogP contribution in [0.4, 0.5) is 4.79 Å². The van der Waals surface area contributed by atoms with Crippen LogP contribution >= 0.6 is 11.8 Å². The third-order valence-corrected chi connectivity index (χ3v) is 5.92. The molecule has 0 radical (unpaired) electrons. The van der Waals surface area contributed by atoms with E-state index in [0.717, 1.165) is 31.2 Å². The van der Waals surface area contributed by atoms with Crippen LogP contribution in [0.3, 0.4) is 0 Å². The van der Waals surface area contributed by atoms with E-state index in [9.17, 15) is 4.79 Å². The average Bonchev–Trinajstić information content (AvgIpc) is 2.92. The standard InChI is InChI=1S/C18H34N2O2S/c1-5-23-16-10-9-14(12-16)19-13-15-8-6-7-11-20(15)17(21)22-18(2,3)4/h14-16,19H,5-13H2,1-4H3. The summed E-state index contributed by atoms with van der Waals surface area (Å²) >= 11 is 2.09. The summed E-state index contributed by atoms with van der Waals surface area (Å²) in [5, 5.41) is 4.55. The van der Waals surface area contributed by atoms with Gasteiger partial charge in [0.2, 0.25) is 0 Å². The predicted octanol–water partition coefficient (Wildman–Crippen LogP) is 4.04. The number of nitrogens with zero attached hydrogens (tertiary/aromatic N) is 1. The summed E-state index contributed by atoms with van der Waals surface area (Å²) in [6, 6.07) is 0.915. The molecule has 0 aromatic rings. The van der Waals surface area contributed by atoms with Crippen molar-refractivity contribution in [2.24, 2.45) is 0 Å². The summed E-state index contributed by atoms with van der Waals surface area (Å²) in [4.78, 5) is 14.4. The molecule has 1 saturated carbocycles. The fourth-order valence-electron chi connectivity index (χ4n) is 3.59. The van der Waals surface area contributed by atoms with E-state index < -0.39 is 5.60 Å². The van der Waals surface area contributed by atoms with E-state index in [1.807, 2.05) is 25.7 Å². The van der Waals surface area contributed by atoms with Crippen molar-refractivity contribution in [2.75, 3.05) is 18.8 Å². The van der Waals surface area contributed by atoms with E-state index in [2.05, 4.69) is 24.0 Å². The maximum atomic E-state index is 12.4. The number of ether oxygens (including phenoxy) is 1. The molecule has 0 spiro atoms. The molecular weight excluding hydrogens is 308 g/mol. The SMILES string of the molecule is CCSC1CCC(NCC2CCCCN2C(=O)OC(C)(C)C)C1. The summed E-state index contributed by atoms with van der Waals surface area (Å²) in [5.74, 6) is 1.21. The number of hydrogen-bond donors (Lipinski definition) is 1. The van der Waals surface area contributed by atoms with Crippen LogP contribution in [0.15, 0.2) is 0 Å². The van der Waals surface area contributed by atoms with Crippen molar-refractivity contribution in [3.05, 3.63) is 0 Å². The first-order valence-electron chi connectivity index (χ1n) is 9.23. The molecule has 5 heteroatoms. The quantitative estimate of drug-likeness (QED) is 0.819. The van der Waals surface area contributed by atoms with Gasteiger partial charge in [-0.05, 0) is 65.0 Å². The number of amides is 1.